The molecule has 1 unspecified atom stereocenters. The molecule has 0 saturated heterocycles. The highest BCUT2D eigenvalue weighted by Crippen LogP contribution is 2.24. The van der Waals surface area contributed by atoms with Crippen LogP contribution in [0, 0.1) is 17.0 Å². The Kier molecular flexibility index (Phi) is 4.26. The summed E-state index contributed by atoms with van der Waals surface area (Å²) in [5, 5.41) is 29.7. The summed E-state index contributed by atoms with van der Waals surface area (Å²) in [6.07, 6.45) is -0.934. The predicted molar refractivity (Wildman–Crippen MR) is 65.6 cm³/mol. The number of rotatable bonds is 5. The van der Waals surface area contributed by atoms with Crippen LogP contribution in [0.25, 0.3) is 0 Å². The van der Waals surface area contributed by atoms with E-state index in [4.69, 9.17) is 4.74 Å². The number of benzene rings is 1. The molecule has 0 aromatic heterocycles. The molecule has 1 rings (SSSR count). The number of aliphatic hydroxyl groups excluding tert-OH is 1. The molecule has 2 atom stereocenters. The maximum Gasteiger partial charge on any atom is 0.272 e. The number of ether oxygens (including phenoxy) is 1. The summed E-state index contributed by atoms with van der Waals surface area (Å²) < 4.78 is 5.32. The second-order valence-corrected chi connectivity index (χ2v) is 4.53. The summed E-state index contributed by atoms with van der Waals surface area (Å²) in [5.41, 5.74) is -0.866. The molecule has 0 aliphatic carbocycles. The van der Waals surface area contributed by atoms with Crippen molar-refractivity contribution in [1.82, 2.24) is 0 Å². The maximum atomic E-state index is 10.6. The van der Waals surface area contributed by atoms with Crippen molar-refractivity contribution in [2.45, 2.75) is 32.5 Å². The predicted octanol–water partition coefficient (Wildman–Crippen LogP) is 1.41. The average molecular weight is 255 g/mol. The zero-order valence-electron chi connectivity index (χ0n) is 10.6. The first-order valence-corrected chi connectivity index (χ1v) is 5.52. The molecule has 0 fully saturated rings. The van der Waals surface area contributed by atoms with Crippen molar-refractivity contribution in [3.8, 4) is 5.75 Å². The van der Waals surface area contributed by atoms with Crippen LogP contribution in [0.2, 0.25) is 0 Å². The fraction of sp³-hybridized carbons (Fsp3) is 0.500. The van der Waals surface area contributed by atoms with Gasteiger partial charge in [0, 0.05) is 11.6 Å². The molecule has 0 bridgehead atoms. The Morgan fingerprint density at radius 2 is 2.17 bits per heavy atom. The molecule has 0 aliphatic rings. The van der Waals surface area contributed by atoms with E-state index in [0.29, 0.717) is 11.3 Å². The van der Waals surface area contributed by atoms with Gasteiger partial charge in [0.2, 0.25) is 0 Å². The number of aryl methyl sites for hydroxylation is 1. The molecule has 1 aromatic rings. The molecule has 0 aliphatic heterocycles. The van der Waals surface area contributed by atoms with Gasteiger partial charge in [0.05, 0.1) is 11.0 Å². The second kappa shape index (κ2) is 5.32. The minimum absolute atomic E-state index is 0.0182. The van der Waals surface area contributed by atoms with Crippen LogP contribution in [-0.2, 0) is 0 Å². The van der Waals surface area contributed by atoms with Crippen molar-refractivity contribution in [2.75, 3.05) is 6.61 Å². The third-order valence-electron chi connectivity index (χ3n) is 2.80. The third-order valence-corrected chi connectivity index (χ3v) is 2.80. The van der Waals surface area contributed by atoms with Gasteiger partial charge in [0.15, 0.2) is 0 Å². The van der Waals surface area contributed by atoms with Crippen molar-refractivity contribution < 1.29 is 19.9 Å². The Hall–Kier alpha value is -1.66. The van der Waals surface area contributed by atoms with E-state index in [9.17, 15) is 20.3 Å². The van der Waals surface area contributed by atoms with E-state index in [2.05, 4.69) is 0 Å². The first-order valence-electron chi connectivity index (χ1n) is 5.52. The summed E-state index contributed by atoms with van der Waals surface area (Å²) in [6.45, 7) is 4.43. The minimum atomic E-state index is -1.37. The summed E-state index contributed by atoms with van der Waals surface area (Å²) in [7, 11) is 0. The van der Waals surface area contributed by atoms with Gasteiger partial charge in [-0.1, -0.05) is 0 Å². The van der Waals surface area contributed by atoms with Gasteiger partial charge in [-0.2, -0.15) is 0 Å². The molecule has 1 aromatic carbocycles. The fourth-order valence-corrected chi connectivity index (χ4v) is 1.27. The van der Waals surface area contributed by atoms with Crippen LogP contribution in [0.3, 0.4) is 0 Å². The summed E-state index contributed by atoms with van der Waals surface area (Å²) in [5.74, 6) is 0.416. The first kappa shape index (κ1) is 14.4. The van der Waals surface area contributed by atoms with Crippen LogP contribution < -0.4 is 4.74 Å². The van der Waals surface area contributed by atoms with Gasteiger partial charge in [-0.05, 0) is 32.9 Å². The lowest BCUT2D eigenvalue weighted by molar-refractivity contribution is -0.385. The number of nitrogens with zero attached hydrogens (tertiary/aromatic N) is 1. The Balaban J connectivity index is 2.76. The largest absolute Gasteiger partial charge is 0.490 e. The SMILES string of the molecule is Cc1cc(OCC(C)(O)[C@H](C)O)ccc1[N+](=O)[O-]. The lowest BCUT2D eigenvalue weighted by Gasteiger charge is -2.26. The Labute approximate surface area is 105 Å². The van der Waals surface area contributed by atoms with Crippen LogP contribution in [0.1, 0.15) is 19.4 Å². The maximum absolute atomic E-state index is 10.6. The van der Waals surface area contributed by atoms with E-state index in [1.807, 2.05) is 0 Å². The van der Waals surface area contributed by atoms with E-state index in [1.165, 1.54) is 32.0 Å². The average Bonchev–Trinajstić information content (AvgIpc) is 2.25. The highest BCUT2D eigenvalue weighted by atomic mass is 16.6. The Morgan fingerprint density at radius 1 is 1.56 bits per heavy atom. The van der Waals surface area contributed by atoms with Gasteiger partial charge in [-0.25, -0.2) is 0 Å². The van der Waals surface area contributed by atoms with Crippen LogP contribution >= 0.6 is 0 Å². The molecule has 18 heavy (non-hydrogen) atoms. The number of hydrogen-bond donors (Lipinski definition) is 2. The van der Waals surface area contributed by atoms with E-state index in [1.54, 1.807) is 6.92 Å². The smallest absolute Gasteiger partial charge is 0.272 e. The molecule has 0 amide bonds. The van der Waals surface area contributed by atoms with Gasteiger partial charge >= 0.3 is 0 Å². The van der Waals surface area contributed by atoms with Crippen molar-refractivity contribution >= 4 is 5.69 Å². The second-order valence-electron chi connectivity index (χ2n) is 4.53. The van der Waals surface area contributed by atoms with E-state index in [0.717, 1.165) is 0 Å². The van der Waals surface area contributed by atoms with Crippen molar-refractivity contribution in [3.05, 3.63) is 33.9 Å². The number of nitro benzene ring substituents is 1. The molecule has 0 heterocycles. The van der Waals surface area contributed by atoms with Gasteiger partial charge in [0.25, 0.3) is 5.69 Å². The molecule has 0 saturated carbocycles. The highest BCUT2D eigenvalue weighted by molar-refractivity contribution is 5.44. The van der Waals surface area contributed by atoms with Crippen LogP contribution in [0.5, 0.6) is 5.75 Å². The van der Waals surface area contributed by atoms with Crippen LogP contribution in [0.4, 0.5) is 5.69 Å². The Morgan fingerprint density at radius 3 is 2.61 bits per heavy atom. The number of hydrogen-bond acceptors (Lipinski definition) is 5. The van der Waals surface area contributed by atoms with Crippen LogP contribution in [0.15, 0.2) is 18.2 Å². The molecule has 6 nitrogen and oxygen atoms in total. The molecule has 0 spiro atoms. The molecule has 0 radical (unpaired) electrons. The number of aliphatic hydroxyl groups is 2. The topological polar surface area (TPSA) is 92.8 Å². The summed E-state index contributed by atoms with van der Waals surface area (Å²) in [6, 6.07) is 4.33. The quantitative estimate of drug-likeness (QED) is 0.613. The monoisotopic (exact) mass is 255 g/mol. The van der Waals surface area contributed by atoms with Gasteiger partial charge in [-0.15, -0.1) is 0 Å². The fourth-order valence-electron chi connectivity index (χ4n) is 1.27. The molecular weight excluding hydrogens is 238 g/mol. The van der Waals surface area contributed by atoms with E-state index in [-0.39, 0.29) is 12.3 Å². The minimum Gasteiger partial charge on any atom is -0.490 e. The third kappa shape index (κ3) is 3.41. The zero-order valence-corrected chi connectivity index (χ0v) is 10.6. The molecule has 100 valence electrons. The van der Waals surface area contributed by atoms with Crippen molar-refractivity contribution in [1.29, 1.82) is 0 Å². The van der Waals surface area contributed by atoms with Gasteiger partial charge in [0.1, 0.15) is 18.0 Å². The lowest BCUT2D eigenvalue weighted by Crippen LogP contribution is -2.42. The van der Waals surface area contributed by atoms with Gasteiger partial charge < -0.3 is 14.9 Å². The molecule has 2 N–H and O–H groups in total. The van der Waals surface area contributed by atoms with E-state index < -0.39 is 16.6 Å². The summed E-state index contributed by atoms with van der Waals surface area (Å²) in [4.78, 5) is 10.2. The molecular formula is C12H17NO5. The number of nitro groups is 1. The standard InChI is InChI=1S/C12H17NO5/c1-8-6-10(4-5-11(8)13(16)17)18-7-12(3,15)9(2)14/h4-6,9,14-15H,7H2,1-3H3/t9-,12?/m0/s1. The zero-order chi connectivity index (χ0) is 13.9. The van der Waals surface area contributed by atoms with Crippen molar-refractivity contribution in [3.63, 3.8) is 0 Å². The normalized spacial score (nSPS) is 15.8. The molecule has 6 heteroatoms. The van der Waals surface area contributed by atoms with Crippen molar-refractivity contribution in [2.24, 2.45) is 0 Å². The van der Waals surface area contributed by atoms with Crippen LogP contribution in [-0.4, -0.2) is 33.4 Å². The first-order chi connectivity index (χ1) is 8.24. The van der Waals surface area contributed by atoms with E-state index >= 15 is 0 Å². The Bertz CT molecular complexity index is 442. The summed E-state index contributed by atoms with van der Waals surface area (Å²) >= 11 is 0. The highest BCUT2D eigenvalue weighted by Gasteiger charge is 2.27. The lowest BCUT2D eigenvalue weighted by atomic mass is 10.0. The van der Waals surface area contributed by atoms with Gasteiger partial charge in [-0.3, -0.25) is 10.1 Å².